The second-order valence-corrected chi connectivity index (χ2v) is 4.65. The number of nitrogens with one attached hydrogen (secondary N) is 1. The smallest absolute Gasteiger partial charge is 0.231 e. The largest absolute Gasteiger partial charge is 0.493 e. The van der Waals surface area contributed by atoms with Gasteiger partial charge >= 0.3 is 0 Å². The molecule has 20 heavy (non-hydrogen) atoms. The first-order valence-corrected chi connectivity index (χ1v) is 7.04. The molecule has 0 aromatic heterocycles. The predicted octanol–water partition coefficient (Wildman–Crippen LogP) is 2.71. The van der Waals surface area contributed by atoms with E-state index in [4.69, 9.17) is 20.6 Å². The van der Waals surface area contributed by atoms with Gasteiger partial charge in [-0.1, -0.05) is 6.92 Å². The van der Waals surface area contributed by atoms with Crippen LogP contribution in [0.2, 0.25) is 0 Å². The van der Waals surface area contributed by atoms with Crippen molar-refractivity contribution >= 4 is 0 Å². The fourth-order valence-corrected chi connectivity index (χ4v) is 1.99. The van der Waals surface area contributed by atoms with Crippen molar-refractivity contribution in [2.75, 3.05) is 19.9 Å². The molecule has 0 amide bonds. The molecule has 108 valence electrons. The molecule has 4 heteroatoms. The quantitative estimate of drug-likeness (QED) is 0.585. The Balaban J connectivity index is 2.04. The number of rotatable bonds is 8. The zero-order valence-electron chi connectivity index (χ0n) is 11.9. The van der Waals surface area contributed by atoms with Gasteiger partial charge in [-0.15, -0.1) is 12.3 Å². The van der Waals surface area contributed by atoms with E-state index < -0.39 is 0 Å². The zero-order chi connectivity index (χ0) is 14.2. The average molecular weight is 275 g/mol. The lowest BCUT2D eigenvalue weighted by Gasteiger charge is -2.13. The molecule has 1 heterocycles. The summed E-state index contributed by atoms with van der Waals surface area (Å²) in [6, 6.07) is 3.89. The Morgan fingerprint density at radius 1 is 1.35 bits per heavy atom. The van der Waals surface area contributed by atoms with E-state index in [0.29, 0.717) is 6.61 Å². The maximum atomic E-state index is 5.82. The molecule has 0 saturated carbocycles. The highest BCUT2D eigenvalue weighted by Crippen LogP contribution is 2.38. The summed E-state index contributed by atoms with van der Waals surface area (Å²) in [6.45, 7) is 4.77. The maximum absolute atomic E-state index is 5.82. The maximum Gasteiger partial charge on any atom is 0.231 e. The lowest BCUT2D eigenvalue weighted by molar-refractivity contribution is 0.173. The van der Waals surface area contributed by atoms with Crippen LogP contribution in [-0.4, -0.2) is 19.9 Å². The fourth-order valence-electron chi connectivity index (χ4n) is 1.99. The van der Waals surface area contributed by atoms with Gasteiger partial charge in [0.25, 0.3) is 0 Å². The van der Waals surface area contributed by atoms with Crippen molar-refractivity contribution in [3.63, 3.8) is 0 Å². The van der Waals surface area contributed by atoms with Gasteiger partial charge in [0.05, 0.1) is 6.61 Å². The standard InChI is InChI=1S/C16H21NO3/c1-3-5-6-8-18-14-10-16-15(19-12-20-16)9-13(14)11-17-7-4-2/h1,9-10,17H,4-8,11-12H2,2H3. The minimum Gasteiger partial charge on any atom is -0.493 e. The molecule has 0 unspecified atom stereocenters. The highest BCUT2D eigenvalue weighted by Gasteiger charge is 2.17. The summed E-state index contributed by atoms with van der Waals surface area (Å²) in [7, 11) is 0. The molecule has 0 radical (unpaired) electrons. The highest BCUT2D eigenvalue weighted by molar-refractivity contribution is 5.51. The number of terminal acetylenes is 1. The monoisotopic (exact) mass is 275 g/mol. The molecule has 1 aliphatic heterocycles. The molecule has 1 aliphatic rings. The molecule has 0 atom stereocenters. The van der Waals surface area contributed by atoms with Crippen molar-refractivity contribution in [2.24, 2.45) is 0 Å². The number of hydrogen-bond acceptors (Lipinski definition) is 4. The number of unbranched alkanes of at least 4 members (excludes halogenated alkanes) is 1. The van der Waals surface area contributed by atoms with Crippen molar-refractivity contribution in [1.29, 1.82) is 0 Å². The van der Waals surface area contributed by atoms with Gasteiger partial charge in [-0.25, -0.2) is 0 Å². The molecular weight excluding hydrogens is 254 g/mol. The molecule has 1 aromatic carbocycles. The second kappa shape index (κ2) is 7.66. The second-order valence-electron chi connectivity index (χ2n) is 4.65. The Bertz CT molecular complexity index is 479. The Morgan fingerprint density at radius 2 is 2.15 bits per heavy atom. The Hall–Kier alpha value is -1.86. The third kappa shape index (κ3) is 3.82. The summed E-state index contributed by atoms with van der Waals surface area (Å²) in [5, 5.41) is 3.38. The van der Waals surface area contributed by atoms with Gasteiger partial charge in [0.15, 0.2) is 11.5 Å². The van der Waals surface area contributed by atoms with Gasteiger partial charge in [-0.05, 0) is 25.5 Å². The van der Waals surface area contributed by atoms with Gasteiger partial charge < -0.3 is 19.5 Å². The number of hydrogen-bond donors (Lipinski definition) is 1. The molecular formula is C16H21NO3. The van der Waals surface area contributed by atoms with Crippen LogP contribution in [0.15, 0.2) is 12.1 Å². The van der Waals surface area contributed by atoms with E-state index in [-0.39, 0.29) is 6.79 Å². The van der Waals surface area contributed by atoms with Crippen LogP contribution >= 0.6 is 0 Å². The lowest BCUT2D eigenvalue weighted by Crippen LogP contribution is -2.15. The Labute approximate surface area is 120 Å². The van der Waals surface area contributed by atoms with E-state index in [9.17, 15) is 0 Å². The predicted molar refractivity (Wildman–Crippen MR) is 78.1 cm³/mol. The first kappa shape index (κ1) is 14.5. The van der Waals surface area contributed by atoms with Gasteiger partial charge in [0, 0.05) is 24.6 Å². The summed E-state index contributed by atoms with van der Waals surface area (Å²) in [6.07, 6.45) is 7.92. The van der Waals surface area contributed by atoms with Gasteiger partial charge in [0.1, 0.15) is 5.75 Å². The van der Waals surface area contributed by atoms with E-state index in [0.717, 1.165) is 55.2 Å². The van der Waals surface area contributed by atoms with E-state index >= 15 is 0 Å². The molecule has 0 fully saturated rings. The van der Waals surface area contributed by atoms with Crippen LogP contribution in [0.5, 0.6) is 17.2 Å². The first-order chi connectivity index (χ1) is 9.85. The topological polar surface area (TPSA) is 39.7 Å². The molecule has 0 aliphatic carbocycles. The van der Waals surface area contributed by atoms with Crippen LogP contribution in [0.1, 0.15) is 31.7 Å². The highest BCUT2D eigenvalue weighted by atomic mass is 16.7. The van der Waals surface area contributed by atoms with Crippen LogP contribution in [0.4, 0.5) is 0 Å². The van der Waals surface area contributed by atoms with Gasteiger partial charge in [-0.3, -0.25) is 0 Å². The first-order valence-electron chi connectivity index (χ1n) is 7.04. The summed E-state index contributed by atoms with van der Waals surface area (Å²) < 4.78 is 16.6. The molecule has 2 rings (SSSR count). The molecule has 1 N–H and O–H groups in total. The van der Waals surface area contributed by atoms with Gasteiger partial charge in [-0.2, -0.15) is 0 Å². The van der Waals surface area contributed by atoms with Crippen molar-refractivity contribution < 1.29 is 14.2 Å². The number of ether oxygens (including phenoxy) is 3. The molecule has 4 nitrogen and oxygen atoms in total. The van der Waals surface area contributed by atoms with Crippen molar-refractivity contribution in [2.45, 2.75) is 32.7 Å². The third-order valence-electron chi connectivity index (χ3n) is 3.02. The van der Waals surface area contributed by atoms with Crippen LogP contribution in [-0.2, 0) is 6.54 Å². The summed E-state index contributed by atoms with van der Waals surface area (Å²) in [4.78, 5) is 0. The number of benzene rings is 1. The normalized spacial score (nSPS) is 12.2. The SMILES string of the molecule is C#CCCCOc1cc2c(cc1CNCCC)OCO2. The minimum atomic E-state index is 0.276. The van der Waals surface area contributed by atoms with Gasteiger partial charge in [0.2, 0.25) is 6.79 Å². The van der Waals surface area contributed by atoms with Crippen molar-refractivity contribution in [3.05, 3.63) is 17.7 Å². The van der Waals surface area contributed by atoms with E-state index in [2.05, 4.69) is 18.2 Å². The Kier molecular flexibility index (Phi) is 5.57. The fraction of sp³-hybridized carbons (Fsp3) is 0.500. The average Bonchev–Trinajstić information content (AvgIpc) is 2.91. The summed E-state index contributed by atoms with van der Waals surface area (Å²) >= 11 is 0. The lowest BCUT2D eigenvalue weighted by atomic mass is 10.1. The van der Waals surface area contributed by atoms with Crippen LogP contribution in [0.25, 0.3) is 0 Å². The summed E-state index contributed by atoms with van der Waals surface area (Å²) in [5.41, 5.74) is 1.09. The summed E-state index contributed by atoms with van der Waals surface area (Å²) in [5.74, 6) is 4.99. The van der Waals surface area contributed by atoms with E-state index in [1.165, 1.54) is 0 Å². The molecule has 0 bridgehead atoms. The van der Waals surface area contributed by atoms with Crippen LogP contribution in [0.3, 0.4) is 0 Å². The zero-order valence-corrected chi connectivity index (χ0v) is 11.9. The van der Waals surface area contributed by atoms with Crippen LogP contribution < -0.4 is 19.5 Å². The van der Waals surface area contributed by atoms with E-state index in [1.54, 1.807) is 0 Å². The van der Waals surface area contributed by atoms with Crippen molar-refractivity contribution in [3.8, 4) is 29.6 Å². The minimum absolute atomic E-state index is 0.276. The Morgan fingerprint density at radius 3 is 2.90 bits per heavy atom. The third-order valence-corrected chi connectivity index (χ3v) is 3.02. The molecule has 1 aromatic rings. The van der Waals surface area contributed by atoms with Crippen molar-refractivity contribution in [1.82, 2.24) is 5.32 Å². The molecule has 0 saturated heterocycles. The van der Waals surface area contributed by atoms with Crippen LogP contribution in [0, 0.1) is 12.3 Å². The molecule has 0 spiro atoms. The van der Waals surface area contributed by atoms with E-state index in [1.807, 2.05) is 12.1 Å². The number of fused-ring (bicyclic) bond motifs is 1.